The molecular weight excluding hydrogens is 274 g/mol. The Hall–Kier alpha value is -0.860. The van der Waals surface area contributed by atoms with Crippen LogP contribution in [0.3, 0.4) is 0 Å². The molecule has 1 aromatic heterocycles. The predicted molar refractivity (Wildman–Crippen MR) is 68.0 cm³/mol. The average Bonchev–Trinajstić information content (AvgIpc) is 2.81. The van der Waals surface area contributed by atoms with E-state index in [1.165, 1.54) is 16.8 Å². The third-order valence-corrected chi connectivity index (χ3v) is 5.04. The number of ketones is 1. The molecule has 1 unspecified atom stereocenters. The molecule has 0 aromatic carbocycles. The number of piperidine rings is 1. The Balaban J connectivity index is 1.96. The lowest BCUT2D eigenvalue weighted by Gasteiger charge is -2.30. The molecule has 2 heterocycles. The molecule has 18 heavy (non-hydrogen) atoms. The molecule has 1 aliphatic heterocycles. The fourth-order valence-electron chi connectivity index (χ4n) is 2.15. The van der Waals surface area contributed by atoms with Crippen molar-refractivity contribution >= 4 is 27.3 Å². The Kier molecular flexibility index (Phi) is 4.08. The van der Waals surface area contributed by atoms with E-state index in [9.17, 15) is 13.2 Å². The number of hydrogen-bond donors (Lipinski definition) is 0. The van der Waals surface area contributed by atoms with E-state index in [-0.39, 0.29) is 11.7 Å². The number of nitrogens with zero attached hydrogens (tertiary/aromatic N) is 3. The van der Waals surface area contributed by atoms with Crippen LogP contribution in [0.5, 0.6) is 0 Å². The molecule has 1 aromatic rings. The second-order valence-electron chi connectivity index (χ2n) is 4.54. The van der Waals surface area contributed by atoms with Gasteiger partial charge in [-0.05, 0) is 30.3 Å². The van der Waals surface area contributed by atoms with Gasteiger partial charge in [-0.25, -0.2) is 12.7 Å². The van der Waals surface area contributed by atoms with Gasteiger partial charge in [-0.3, -0.25) is 4.79 Å². The Labute approximate surface area is 110 Å². The normalized spacial score (nSPS) is 21.9. The summed E-state index contributed by atoms with van der Waals surface area (Å²) in [6, 6.07) is 0. The number of carbonyl (C=O) groups excluding carboxylic acids is 1. The summed E-state index contributed by atoms with van der Waals surface area (Å²) in [4.78, 5) is 12.4. The molecule has 0 aliphatic carbocycles. The van der Waals surface area contributed by atoms with Crippen LogP contribution in [0, 0.1) is 5.92 Å². The van der Waals surface area contributed by atoms with Crippen LogP contribution in [-0.2, 0) is 10.0 Å². The van der Waals surface area contributed by atoms with Crippen molar-refractivity contribution in [1.82, 2.24) is 13.9 Å². The van der Waals surface area contributed by atoms with Crippen LogP contribution < -0.4 is 0 Å². The van der Waals surface area contributed by atoms with Crippen LogP contribution in [0.15, 0.2) is 6.20 Å². The van der Waals surface area contributed by atoms with Gasteiger partial charge in [0.15, 0.2) is 5.78 Å². The van der Waals surface area contributed by atoms with Crippen molar-refractivity contribution in [3.05, 3.63) is 11.1 Å². The lowest BCUT2D eigenvalue weighted by atomic mass is 9.94. The molecule has 2 rings (SSSR count). The monoisotopic (exact) mass is 289 g/mol. The van der Waals surface area contributed by atoms with Crippen LogP contribution in [0.2, 0.25) is 0 Å². The summed E-state index contributed by atoms with van der Waals surface area (Å²) in [5, 5.41) is 3.63. The first-order chi connectivity index (χ1) is 8.47. The maximum absolute atomic E-state index is 11.9. The van der Waals surface area contributed by atoms with Gasteiger partial charge < -0.3 is 0 Å². The lowest BCUT2D eigenvalue weighted by Crippen LogP contribution is -2.39. The summed E-state index contributed by atoms with van der Waals surface area (Å²) >= 11 is 1.08. The van der Waals surface area contributed by atoms with Gasteiger partial charge in [-0.2, -0.15) is 0 Å². The van der Waals surface area contributed by atoms with E-state index < -0.39 is 10.0 Å². The van der Waals surface area contributed by atoms with Crippen LogP contribution in [-0.4, -0.2) is 47.4 Å². The summed E-state index contributed by atoms with van der Waals surface area (Å²) in [6.45, 7) is 1.00. The topological polar surface area (TPSA) is 80.2 Å². The first-order valence-electron chi connectivity index (χ1n) is 5.72. The summed E-state index contributed by atoms with van der Waals surface area (Å²) in [6.07, 6.45) is 4.75. The molecule has 6 nitrogen and oxygen atoms in total. The fraction of sp³-hybridized carbons (Fsp3) is 0.700. The minimum absolute atomic E-state index is 0.00495. The number of hydrogen-bond acceptors (Lipinski definition) is 6. The van der Waals surface area contributed by atoms with Gasteiger partial charge in [0.1, 0.15) is 4.88 Å². The zero-order valence-electron chi connectivity index (χ0n) is 10.1. The quantitative estimate of drug-likeness (QED) is 0.765. The molecule has 0 bridgehead atoms. The highest BCUT2D eigenvalue weighted by molar-refractivity contribution is 7.88. The molecule has 0 spiro atoms. The van der Waals surface area contributed by atoms with Crippen LogP contribution in [0.25, 0.3) is 0 Å². The number of rotatable bonds is 4. The third-order valence-electron chi connectivity index (χ3n) is 3.06. The maximum atomic E-state index is 11.9. The Bertz CT molecular complexity index is 512. The van der Waals surface area contributed by atoms with E-state index in [2.05, 4.69) is 9.59 Å². The molecule has 0 N–H and O–H groups in total. The van der Waals surface area contributed by atoms with Crippen molar-refractivity contribution in [2.45, 2.75) is 19.3 Å². The van der Waals surface area contributed by atoms with E-state index in [1.807, 2.05) is 0 Å². The van der Waals surface area contributed by atoms with Crippen LogP contribution in [0.4, 0.5) is 0 Å². The van der Waals surface area contributed by atoms with Crippen molar-refractivity contribution in [3.8, 4) is 0 Å². The van der Waals surface area contributed by atoms with Crippen molar-refractivity contribution in [2.24, 2.45) is 5.92 Å². The van der Waals surface area contributed by atoms with Crippen molar-refractivity contribution in [3.63, 3.8) is 0 Å². The van der Waals surface area contributed by atoms with E-state index in [0.29, 0.717) is 24.4 Å². The van der Waals surface area contributed by atoms with E-state index in [0.717, 1.165) is 24.4 Å². The second kappa shape index (κ2) is 5.41. The predicted octanol–water partition coefficient (Wildman–Crippen LogP) is 0.783. The van der Waals surface area contributed by atoms with Gasteiger partial charge in [-0.1, -0.05) is 4.49 Å². The van der Waals surface area contributed by atoms with Crippen LogP contribution in [0.1, 0.15) is 28.9 Å². The molecule has 0 amide bonds. The molecule has 1 saturated heterocycles. The van der Waals surface area contributed by atoms with E-state index in [1.54, 1.807) is 0 Å². The number of carbonyl (C=O) groups is 1. The highest BCUT2D eigenvalue weighted by Gasteiger charge is 2.27. The summed E-state index contributed by atoms with van der Waals surface area (Å²) < 4.78 is 28.1. The molecule has 8 heteroatoms. The minimum Gasteiger partial charge on any atom is -0.293 e. The molecule has 0 radical (unpaired) electrons. The standard InChI is InChI=1S/C10H15N3O3S2/c1-18(15,16)13-4-2-3-8(7-13)5-9(14)10-6-11-12-17-10/h6,8H,2-5,7H2,1H3. The van der Waals surface area contributed by atoms with E-state index >= 15 is 0 Å². The van der Waals surface area contributed by atoms with Crippen molar-refractivity contribution < 1.29 is 13.2 Å². The van der Waals surface area contributed by atoms with Gasteiger partial charge in [0, 0.05) is 19.5 Å². The summed E-state index contributed by atoms with van der Waals surface area (Å²) in [7, 11) is -3.15. The van der Waals surface area contributed by atoms with Gasteiger partial charge in [-0.15, -0.1) is 5.10 Å². The first kappa shape index (κ1) is 13.6. The Morgan fingerprint density at radius 1 is 1.61 bits per heavy atom. The highest BCUT2D eigenvalue weighted by atomic mass is 32.2. The van der Waals surface area contributed by atoms with Gasteiger partial charge in [0.2, 0.25) is 10.0 Å². The van der Waals surface area contributed by atoms with E-state index in [4.69, 9.17) is 0 Å². The minimum atomic E-state index is -3.15. The maximum Gasteiger partial charge on any atom is 0.211 e. The highest BCUT2D eigenvalue weighted by Crippen LogP contribution is 2.23. The SMILES string of the molecule is CS(=O)(=O)N1CCCC(CC(=O)c2cnns2)C1. The lowest BCUT2D eigenvalue weighted by molar-refractivity contribution is 0.0946. The summed E-state index contributed by atoms with van der Waals surface area (Å²) in [5.41, 5.74) is 0. The number of aromatic nitrogens is 2. The van der Waals surface area contributed by atoms with Gasteiger partial charge >= 0.3 is 0 Å². The number of Topliss-reactive ketones (excluding diaryl/α,β-unsaturated/α-hetero) is 1. The van der Waals surface area contributed by atoms with Gasteiger partial charge in [0.05, 0.1) is 12.5 Å². The zero-order valence-corrected chi connectivity index (χ0v) is 11.7. The van der Waals surface area contributed by atoms with Crippen molar-refractivity contribution in [1.29, 1.82) is 0 Å². The first-order valence-corrected chi connectivity index (χ1v) is 8.34. The fourth-order valence-corrected chi connectivity index (χ4v) is 3.55. The molecule has 0 saturated carbocycles. The number of sulfonamides is 1. The molecular formula is C10H15N3O3S2. The average molecular weight is 289 g/mol. The molecule has 100 valence electrons. The Morgan fingerprint density at radius 3 is 3.00 bits per heavy atom. The third kappa shape index (κ3) is 3.33. The second-order valence-corrected chi connectivity index (χ2v) is 7.31. The summed E-state index contributed by atoms with van der Waals surface area (Å²) in [5.74, 6) is 0.105. The zero-order chi connectivity index (χ0) is 13.2. The molecule has 1 fully saturated rings. The molecule has 1 atom stereocenters. The van der Waals surface area contributed by atoms with Crippen molar-refractivity contribution in [2.75, 3.05) is 19.3 Å². The smallest absolute Gasteiger partial charge is 0.211 e. The Morgan fingerprint density at radius 2 is 2.39 bits per heavy atom. The van der Waals surface area contributed by atoms with Crippen LogP contribution >= 0.6 is 11.5 Å². The molecule has 1 aliphatic rings. The largest absolute Gasteiger partial charge is 0.293 e. The van der Waals surface area contributed by atoms with Gasteiger partial charge in [0.25, 0.3) is 0 Å².